The van der Waals surface area contributed by atoms with Crippen molar-refractivity contribution in [2.45, 2.75) is 5.88 Å². The van der Waals surface area contributed by atoms with Gasteiger partial charge < -0.3 is 5.32 Å². The summed E-state index contributed by atoms with van der Waals surface area (Å²) in [6, 6.07) is 4.57. The third kappa shape index (κ3) is 1.98. The van der Waals surface area contributed by atoms with Crippen LogP contribution in [0.1, 0.15) is 15.9 Å². The van der Waals surface area contributed by atoms with Gasteiger partial charge in [-0.1, -0.05) is 12.1 Å². The Bertz CT molecular complexity index is 327. The summed E-state index contributed by atoms with van der Waals surface area (Å²) in [7, 11) is 1.45. The molecule has 0 spiro atoms. The third-order valence-electron chi connectivity index (χ3n) is 1.69. The largest absolute Gasteiger partial charge is 0.355 e. The normalized spacial score (nSPS) is 9.77. The number of alkyl halides is 1. The van der Waals surface area contributed by atoms with E-state index in [4.69, 9.17) is 11.6 Å². The van der Waals surface area contributed by atoms with Gasteiger partial charge in [0.2, 0.25) is 0 Å². The van der Waals surface area contributed by atoms with Gasteiger partial charge in [-0.2, -0.15) is 0 Å². The number of halogens is 2. The van der Waals surface area contributed by atoms with Crippen molar-refractivity contribution in [1.82, 2.24) is 5.32 Å². The maximum absolute atomic E-state index is 13.4. The molecule has 1 amide bonds. The topological polar surface area (TPSA) is 29.1 Å². The van der Waals surface area contributed by atoms with Gasteiger partial charge in [-0.3, -0.25) is 4.79 Å². The molecule has 0 heterocycles. The summed E-state index contributed by atoms with van der Waals surface area (Å²) in [4.78, 5) is 11.1. The second-order valence-corrected chi connectivity index (χ2v) is 2.76. The molecule has 0 aliphatic carbocycles. The number of hydrogen-bond donors (Lipinski definition) is 1. The first-order valence-corrected chi connectivity index (χ1v) is 4.29. The Labute approximate surface area is 80.7 Å². The van der Waals surface area contributed by atoms with Gasteiger partial charge in [0, 0.05) is 12.6 Å². The minimum Gasteiger partial charge on any atom is -0.355 e. The second-order valence-electron chi connectivity index (χ2n) is 2.49. The number of nitrogens with one attached hydrogen (secondary N) is 1. The average Bonchev–Trinajstić information content (AvgIpc) is 2.17. The van der Waals surface area contributed by atoms with E-state index in [0.29, 0.717) is 5.56 Å². The highest BCUT2D eigenvalue weighted by Crippen LogP contribution is 2.14. The monoisotopic (exact) mass is 201 g/mol. The van der Waals surface area contributed by atoms with Gasteiger partial charge in [0.1, 0.15) is 5.82 Å². The summed E-state index contributed by atoms with van der Waals surface area (Å²) in [6.45, 7) is 0. The molecule has 1 rings (SSSR count). The molecule has 0 saturated heterocycles. The summed E-state index contributed by atoms with van der Waals surface area (Å²) >= 11 is 5.48. The molecule has 0 aromatic heterocycles. The Kier molecular flexibility index (Phi) is 3.25. The van der Waals surface area contributed by atoms with E-state index in [9.17, 15) is 9.18 Å². The molecule has 0 atom stereocenters. The molecule has 13 heavy (non-hydrogen) atoms. The summed E-state index contributed by atoms with van der Waals surface area (Å²) in [5, 5.41) is 2.35. The molecule has 2 nitrogen and oxygen atoms in total. The molecule has 0 aliphatic heterocycles. The van der Waals surface area contributed by atoms with Crippen LogP contribution >= 0.6 is 11.6 Å². The Balaban J connectivity index is 3.15. The number of hydrogen-bond acceptors (Lipinski definition) is 1. The fourth-order valence-electron chi connectivity index (χ4n) is 0.993. The molecule has 0 radical (unpaired) electrons. The predicted molar refractivity (Wildman–Crippen MR) is 49.3 cm³/mol. The van der Waals surface area contributed by atoms with E-state index < -0.39 is 11.7 Å². The van der Waals surface area contributed by atoms with Crippen molar-refractivity contribution in [3.8, 4) is 0 Å². The molecule has 1 aromatic rings. The standard InChI is InChI=1S/C9H9ClFNO/c1-12-9(13)7-4-2-3-6(5-10)8(7)11/h2-4H,5H2,1H3,(H,12,13). The lowest BCUT2D eigenvalue weighted by atomic mass is 10.1. The molecule has 0 fully saturated rings. The zero-order chi connectivity index (χ0) is 9.84. The van der Waals surface area contributed by atoms with E-state index in [1.165, 1.54) is 13.1 Å². The van der Waals surface area contributed by atoms with Crippen molar-refractivity contribution < 1.29 is 9.18 Å². The van der Waals surface area contributed by atoms with Crippen LogP contribution in [0.15, 0.2) is 18.2 Å². The molecule has 70 valence electrons. The van der Waals surface area contributed by atoms with E-state index in [2.05, 4.69) is 5.32 Å². The van der Waals surface area contributed by atoms with Gasteiger partial charge in [0.15, 0.2) is 0 Å². The van der Waals surface area contributed by atoms with Gasteiger partial charge in [-0.05, 0) is 6.07 Å². The number of amides is 1. The Morgan fingerprint density at radius 3 is 2.85 bits per heavy atom. The first-order valence-electron chi connectivity index (χ1n) is 3.76. The zero-order valence-corrected chi connectivity index (χ0v) is 7.86. The molecule has 0 bridgehead atoms. The fraction of sp³-hybridized carbons (Fsp3) is 0.222. The van der Waals surface area contributed by atoms with Crippen LogP contribution in [-0.4, -0.2) is 13.0 Å². The van der Waals surface area contributed by atoms with Crippen LogP contribution in [0.3, 0.4) is 0 Å². The highest BCUT2D eigenvalue weighted by Gasteiger charge is 2.12. The molecule has 0 saturated carbocycles. The van der Waals surface area contributed by atoms with E-state index in [1.54, 1.807) is 12.1 Å². The number of rotatable bonds is 2. The molecule has 1 N–H and O–H groups in total. The lowest BCUT2D eigenvalue weighted by molar-refractivity contribution is 0.0959. The van der Waals surface area contributed by atoms with E-state index in [-0.39, 0.29) is 11.4 Å². The maximum atomic E-state index is 13.4. The predicted octanol–water partition coefficient (Wildman–Crippen LogP) is 1.92. The van der Waals surface area contributed by atoms with Gasteiger partial charge in [-0.15, -0.1) is 11.6 Å². The lowest BCUT2D eigenvalue weighted by Crippen LogP contribution is -2.19. The van der Waals surface area contributed by atoms with E-state index in [1.807, 2.05) is 0 Å². The van der Waals surface area contributed by atoms with Gasteiger partial charge in [0.25, 0.3) is 5.91 Å². The molecule has 0 unspecified atom stereocenters. The summed E-state index contributed by atoms with van der Waals surface area (Å²) < 4.78 is 13.4. The van der Waals surface area contributed by atoms with Crippen LogP contribution in [0.4, 0.5) is 4.39 Å². The van der Waals surface area contributed by atoms with E-state index >= 15 is 0 Å². The van der Waals surface area contributed by atoms with Crippen molar-refractivity contribution in [3.63, 3.8) is 0 Å². The van der Waals surface area contributed by atoms with Crippen LogP contribution in [-0.2, 0) is 5.88 Å². The van der Waals surface area contributed by atoms with Crippen LogP contribution in [0.2, 0.25) is 0 Å². The SMILES string of the molecule is CNC(=O)c1cccc(CCl)c1F. The van der Waals surface area contributed by atoms with Gasteiger partial charge >= 0.3 is 0 Å². The minimum absolute atomic E-state index is 0.0284. The smallest absolute Gasteiger partial charge is 0.254 e. The first-order chi connectivity index (χ1) is 6.20. The minimum atomic E-state index is -0.545. The molecule has 4 heteroatoms. The molecule has 0 aliphatic rings. The van der Waals surface area contributed by atoms with Crippen LogP contribution in [0.5, 0.6) is 0 Å². The van der Waals surface area contributed by atoms with Gasteiger partial charge in [0.05, 0.1) is 11.4 Å². The third-order valence-corrected chi connectivity index (χ3v) is 1.98. The highest BCUT2D eigenvalue weighted by atomic mass is 35.5. The highest BCUT2D eigenvalue weighted by molar-refractivity contribution is 6.17. The summed E-state index contributed by atoms with van der Waals surface area (Å²) in [5.74, 6) is -0.919. The van der Waals surface area contributed by atoms with E-state index in [0.717, 1.165) is 0 Å². The maximum Gasteiger partial charge on any atom is 0.254 e. The van der Waals surface area contributed by atoms with Crippen LogP contribution in [0, 0.1) is 5.82 Å². The Morgan fingerprint density at radius 2 is 2.31 bits per heavy atom. The van der Waals surface area contributed by atoms with Crippen LogP contribution in [0.25, 0.3) is 0 Å². The van der Waals surface area contributed by atoms with Crippen molar-refractivity contribution >= 4 is 17.5 Å². The number of carbonyl (C=O) groups excluding carboxylic acids is 1. The molecule has 1 aromatic carbocycles. The quantitative estimate of drug-likeness (QED) is 0.728. The number of carbonyl (C=O) groups is 1. The summed E-state index contributed by atoms with van der Waals surface area (Å²) in [6.07, 6.45) is 0. The van der Waals surface area contributed by atoms with Crippen LogP contribution < -0.4 is 5.32 Å². The van der Waals surface area contributed by atoms with Gasteiger partial charge in [-0.25, -0.2) is 4.39 Å². The van der Waals surface area contributed by atoms with Crippen molar-refractivity contribution in [1.29, 1.82) is 0 Å². The summed E-state index contributed by atoms with van der Waals surface area (Å²) in [5.41, 5.74) is 0.364. The van der Waals surface area contributed by atoms with Crippen molar-refractivity contribution in [3.05, 3.63) is 35.1 Å². The molecular weight excluding hydrogens is 193 g/mol. The lowest BCUT2D eigenvalue weighted by Gasteiger charge is -2.04. The van der Waals surface area contributed by atoms with Crippen molar-refractivity contribution in [2.24, 2.45) is 0 Å². The zero-order valence-electron chi connectivity index (χ0n) is 7.10. The Morgan fingerprint density at radius 1 is 1.62 bits per heavy atom. The van der Waals surface area contributed by atoms with Crippen molar-refractivity contribution in [2.75, 3.05) is 7.05 Å². The first kappa shape index (κ1) is 9.99. The number of benzene rings is 1. The second kappa shape index (κ2) is 4.23. The average molecular weight is 202 g/mol. The fourth-order valence-corrected chi connectivity index (χ4v) is 1.20. The molecular formula is C9H9ClFNO. The Hall–Kier alpha value is -1.09.